The molecule has 4 rings (SSSR count). The number of imide groups is 1. The third-order valence-electron chi connectivity index (χ3n) is 4.04. The van der Waals surface area contributed by atoms with Gasteiger partial charge in [-0.05, 0) is 37.1 Å². The van der Waals surface area contributed by atoms with Gasteiger partial charge in [-0.15, -0.1) is 0 Å². The van der Waals surface area contributed by atoms with Crippen molar-refractivity contribution in [2.24, 2.45) is 0 Å². The van der Waals surface area contributed by atoms with Gasteiger partial charge >= 0.3 is 0 Å². The number of hydrogen-bond acceptors (Lipinski definition) is 4. The number of carbonyl (C=O) groups excluding carboxylic acids is 2. The van der Waals surface area contributed by atoms with Crippen molar-refractivity contribution in [2.75, 3.05) is 5.32 Å². The molecule has 21 heavy (non-hydrogen) atoms. The van der Waals surface area contributed by atoms with E-state index in [9.17, 15) is 9.59 Å². The number of rotatable bonds is 3. The summed E-state index contributed by atoms with van der Waals surface area (Å²) in [5.41, 5.74) is 1.76. The van der Waals surface area contributed by atoms with Gasteiger partial charge < -0.3 is 5.32 Å². The van der Waals surface area contributed by atoms with Crippen LogP contribution in [0.15, 0.2) is 36.5 Å². The van der Waals surface area contributed by atoms with Crippen LogP contribution in [0.3, 0.4) is 0 Å². The minimum absolute atomic E-state index is 0.0533. The number of hydrogen-bond donors (Lipinski definition) is 1. The summed E-state index contributed by atoms with van der Waals surface area (Å²) in [5, 5.41) is 4.20. The van der Waals surface area contributed by atoms with Crippen LogP contribution in [0.2, 0.25) is 0 Å². The topological polar surface area (TPSA) is 62.3 Å². The second-order valence-electron chi connectivity index (χ2n) is 5.65. The fraction of sp³-hybridized carbons (Fsp3) is 0.312. The molecule has 1 saturated carbocycles. The average molecular weight is 281 g/mol. The van der Waals surface area contributed by atoms with E-state index in [2.05, 4.69) is 10.3 Å². The summed E-state index contributed by atoms with van der Waals surface area (Å²) in [6, 6.07) is 9.34. The maximum atomic E-state index is 12.3. The minimum Gasteiger partial charge on any atom is -0.373 e. The van der Waals surface area contributed by atoms with Gasteiger partial charge in [0.15, 0.2) is 0 Å². The molecule has 1 unspecified atom stereocenters. The van der Waals surface area contributed by atoms with Gasteiger partial charge in [-0.3, -0.25) is 19.5 Å². The average Bonchev–Trinajstić information content (AvgIpc) is 3.27. The van der Waals surface area contributed by atoms with Gasteiger partial charge in [0, 0.05) is 23.3 Å². The molecule has 1 aromatic heterocycles. The highest BCUT2D eigenvalue weighted by Crippen LogP contribution is 2.32. The SMILES string of the molecule is O=C1CC(Nc2ccc3ncccc3c2)C(=O)N1C1CC1. The Hall–Kier alpha value is -2.43. The van der Waals surface area contributed by atoms with Crippen LogP contribution >= 0.6 is 0 Å². The fourth-order valence-corrected chi connectivity index (χ4v) is 2.85. The molecule has 2 fully saturated rings. The van der Waals surface area contributed by atoms with Crippen LogP contribution in [0, 0.1) is 0 Å². The number of nitrogens with one attached hydrogen (secondary N) is 1. The van der Waals surface area contributed by atoms with Gasteiger partial charge in [-0.2, -0.15) is 0 Å². The lowest BCUT2D eigenvalue weighted by Gasteiger charge is -2.15. The lowest BCUT2D eigenvalue weighted by molar-refractivity contribution is -0.139. The third kappa shape index (κ3) is 2.14. The molecule has 0 radical (unpaired) electrons. The number of carbonyl (C=O) groups is 2. The molecule has 0 spiro atoms. The number of nitrogens with zero attached hydrogens (tertiary/aromatic N) is 2. The Morgan fingerprint density at radius 3 is 2.86 bits per heavy atom. The largest absolute Gasteiger partial charge is 0.373 e. The first-order valence-electron chi connectivity index (χ1n) is 7.19. The van der Waals surface area contributed by atoms with Gasteiger partial charge in [0.1, 0.15) is 6.04 Å². The zero-order valence-electron chi connectivity index (χ0n) is 11.5. The Bertz CT molecular complexity index is 739. The molecule has 1 atom stereocenters. The first kappa shape index (κ1) is 12.3. The Balaban J connectivity index is 1.57. The van der Waals surface area contributed by atoms with Crippen molar-refractivity contribution >= 4 is 28.4 Å². The molecule has 1 aromatic carbocycles. The van der Waals surface area contributed by atoms with Crippen molar-refractivity contribution in [1.82, 2.24) is 9.88 Å². The zero-order chi connectivity index (χ0) is 14.4. The summed E-state index contributed by atoms with van der Waals surface area (Å²) in [5.74, 6) is -0.142. The van der Waals surface area contributed by atoms with E-state index < -0.39 is 6.04 Å². The van der Waals surface area contributed by atoms with Crippen LogP contribution in [-0.2, 0) is 9.59 Å². The number of likely N-dealkylation sites (tertiary alicyclic amines) is 1. The number of amides is 2. The van der Waals surface area contributed by atoms with Crippen molar-refractivity contribution in [1.29, 1.82) is 0 Å². The van der Waals surface area contributed by atoms with Gasteiger partial charge in [0.2, 0.25) is 5.91 Å². The highest BCUT2D eigenvalue weighted by molar-refractivity contribution is 6.07. The zero-order valence-corrected chi connectivity index (χ0v) is 11.5. The smallest absolute Gasteiger partial charge is 0.252 e. The van der Waals surface area contributed by atoms with E-state index in [0.717, 1.165) is 29.4 Å². The maximum Gasteiger partial charge on any atom is 0.252 e. The molecule has 106 valence electrons. The molecule has 2 aliphatic rings. The lowest BCUT2D eigenvalue weighted by Crippen LogP contribution is -2.36. The Morgan fingerprint density at radius 1 is 1.19 bits per heavy atom. The number of benzene rings is 1. The van der Waals surface area contributed by atoms with Gasteiger partial charge in [0.25, 0.3) is 5.91 Å². The maximum absolute atomic E-state index is 12.3. The van der Waals surface area contributed by atoms with Crippen LogP contribution in [0.5, 0.6) is 0 Å². The molecular formula is C16H15N3O2. The summed E-state index contributed by atoms with van der Waals surface area (Å²) in [7, 11) is 0. The minimum atomic E-state index is -0.438. The predicted octanol–water partition coefficient (Wildman–Crippen LogP) is 1.94. The molecule has 2 aromatic rings. The summed E-state index contributed by atoms with van der Waals surface area (Å²) in [4.78, 5) is 29.9. The first-order chi connectivity index (χ1) is 10.2. The number of fused-ring (bicyclic) bond motifs is 1. The van der Waals surface area contributed by atoms with Crippen LogP contribution < -0.4 is 5.32 Å². The molecule has 2 amide bonds. The molecule has 1 N–H and O–H groups in total. The molecule has 2 heterocycles. The molecule has 1 aliphatic carbocycles. The highest BCUT2D eigenvalue weighted by atomic mass is 16.2. The number of anilines is 1. The van der Waals surface area contributed by atoms with Crippen molar-refractivity contribution in [3.8, 4) is 0 Å². The second-order valence-corrected chi connectivity index (χ2v) is 5.65. The quantitative estimate of drug-likeness (QED) is 0.873. The second kappa shape index (κ2) is 4.55. The third-order valence-corrected chi connectivity index (χ3v) is 4.04. The number of pyridine rings is 1. The van der Waals surface area contributed by atoms with E-state index in [-0.39, 0.29) is 24.3 Å². The van der Waals surface area contributed by atoms with Crippen molar-refractivity contribution < 1.29 is 9.59 Å². The molecule has 0 bridgehead atoms. The molecule has 5 heteroatoms. The standard InChI is InChI=1S/C16H15N3O2/c20-15-9-14(16(21)19(15)12-4-5-12)18-11-3-6-13-10(8-11)2-1-7-17-13/h1-3,6-8,12,14,18H,4-5,9H2. The summed E-state index contributed by atoms with van der Waals surface area (Å²) < 4.78 is 0. The van der Waals surface area contributed by atoms with Crippen molar-refractivity contribution in [2.45, 2.75) is 31.3 Å². The highest BCUT2D eigenvalue weighted by Gasteiger charge is 2.46. The van der Waals surface area contributed by atoms with E-state index in [1.807, 2.05) is 30.3 Å². The van der Waals surface area contributed by atoms with Crippen LogP contribution in [0.1, 0.15) is 19.3 Å². The van der Waals surface area contributed by atoms with Crippen molar-refractivity contribution in [3.63, 3.8) is 0 Å². The van der Waals surface area contributed by atoms with E-state index in [1.165, 1.54) is 4.90 Å². The monoisotopic (exact) mass is 281 g/mol. The summed E-state index contributed by atoms with van der Waals surface area (Å²) >= 11 is 0. The fourth-order valence-electron chi connectivity index (χ4n) is 2.85. The van der Waals surface area contributed by atoms with Gasteiger partial charge in [-0.1, -0.05) is 6.07 Å². The summed E-state index contributed by atoms with van der Waals surface area (Å²) in [6.07, 6.45) is 3.90. The molecular weight excluding hydrogens is 266 g/mol. The molecule has 5 nitrogen and oxygen atoms in total. The Kier molecular flexibility index (Phi) is 2.67. The van der Waals surface area contributed by atoms with Crippen LogP contribution in [-0.4, -0.2) is 33.8 Å². The Labute approximate surface area is 122 Å². The van der Waals surface area contributed by atoms with Gasteiger partial charge in [0.05, 0.1) is 11.9 Å². The lowest BCUT2D eigenvalue weighted by atomic mass is 10.1. The first-order valence-corrected chi connectivity index (χ1v) is 7.19. The van der Waals surface area contributed by atoms with E-state index in [1.54, 1.807) is 6.20 Å². The van der Waals surface area contributed by atoms with Crippen LogP contribution in [0.4, 0.5) is 5.69 Å². The van der Waals surface area contributed by atoms with E-state index in [4.69, 9.17) is 0 Å². The van der Waals surface area contributed by atoms with Crippen molar-refractivity contribution in [3.05, 3.63) is 36.5 Å². The van der Waals surface area contributed by atoms with Crippen LogP contribution in [0.25, 0.3) is 10.9 Å². The Morgan fingerprint density at radius 2 is 2.05 bits per heavy atom. The summed E-state index contributed by atoms with van der Waals surface area (Å²) in [6.45, 7) is 0. The van der Waals surface area contributed by atoms with E-state index >= 15 is 0 Å². The normalized spacial score (nSPS) is 22.1. The van der Waals surface area contributed by atoms with Gasteiger partial charge in [-0.25, -0.2) is 0 Å². The molecule has 1 aliphatic heterocycles. The van der Waals surface area contributed by atoms with E-state index in [0.29, 0.717) is 0 Å². The predicted molar refractivity (Wildman–Crippen MR) is 78.6 cm³/mol. The number of aromatic nitrogens is 1. The molecule has 1 saturated heterocycles.